The van der Waals surface area contributed by atoms with Gasteiger partial charge < -0.3 is 9.41 Å². The maximum atomic E-state index is 5.55. The quantitative estimate of drug-likeness (QED) is 0.412. The molecule has 0 saturated heterocycles. The van der Waals surface area contributed by atoms with Gasteiger partial charge in [-0.2, -0.15) is 0 Å². The van der Waals surface area contributed by atoms with Crippen LogP contribution in [0.2, 0.25) is 0 Å². The molecule has 0 aromatic heterocycles. The van der Waals surface area contributed by atoms with Gasteiger partial charge in [-0.1, -0.05) is 52.4 Å². The molecule has 0 aliphatic heterocycles. The molecule has 0 rings (SSSR count). The molecule has 0 unspecified atom stereocenters. The average molecular weight is 231 g/mol. The van der Waals surface area contributed by atoms with E-state index in [1.807, 2.05) is 0 Å². The van der Waals surface area contributed by atoms with Crippen molar-refractivity contribution < 1.29 is 4.43 Å². The highest BCUT2D eigenvalue weighted by Gasteiger charge is 1.91. The summed E-state index contributed by atoms with van der Waals surface area (Å²) in [4.78, 5) is 3.45. The summed E-state index contributed by atoms with van der Waals surface area (Å²) in [5, 5.41) is 0. The maximum absolute atomic E-state index is 5.55. The molecule has 3 heteroatoms. The smallest absolute Gasteiger partial charge is 0.235 e. The standard InChI is InChI=1S/C12H29NOSi/c1-3-5-7-8-9-10-11-13-15-14-12-6-4-2/h13H,3-12,15H2,1-2H3. The molecule has 2 nitrogen and oxygen atoms in total. The van der Waals surface area contributed by atoms with Gasteiger partial charge in [0.25, 0.3) is 0 Å². The van der Waals surface area contributed by atoms with Crippen LogP contribution in [0.25, 0.3) is 0 Å². The zero-order valence-corrected chi connectivity index (χ0v) is 12.1. The second-order valence-electron chi connectivity index (χ2n) is 4.17. The van der Waals surface area contributed by atoms with E-state index in [9.17, 15) is 0 Å². The molecule has 1 N–H and O–H groups in total. The molecule has 0 radical (unpaired) electrons. The number of hydrogen-bond acceptors (Lipinski definition) is 2. The van der Waals surface area contributed by atoms with Crippen LogP contribution in [0.5, 0.6) is 0 Å². The van der Waals surface area contributed by atoms with Crippen molar-refractivity contribution in [2.75, 3.05) is 13.2 Å². The van der Waals surface area contributed by atoms with Crippen LogP contribution in [-0.4, -0.2) is 23.1 Å². The van der Waals surface area contributed by atoms with Crippen LogP contribution < -0.4 is 4.98 Å². The van der Waals surface area contributed by atoms with Crippen molar-refractivity contribution in [3.8, 4) is 0 Å². The Morgan fingerprint density at radius 3 is 2.27 bits per heavy atom. The van der Waals surface area contributed by atoms with Gasteiger partial charge in [-0.05, 0) is 19.4 Å². The van der Waals surface area contributed by atoms with Crippen molar-refractivity contribution in [3.63, 3.8) is 0 Å². The SMILES string of the molecule is CCCCCCCCN[SiH2]OCCCC. The van der Waals surface area contributed by atoms with Crippen LogP contribution >= 0.6 is 0 Å². The number of nitrogens with one attached hydrogen (secondary N) is 1. The number of hydrogen-bond donors (Lipinski definition) is 1. The van der Waals surface area contributed by atoms with Crippen LogP contribution in [0.4, 0.5) is 0 Å². The predicted molar refractivity (Wildman–Crippen MR) is 70.8 cm³/mol. The molecule has 0 fully saturated rings. The third-order valence-electron chi connectivity index (χ3n) is 2.55. The summed E-state index contributed by atoms with van der Waals surface area (Å²) >= 11 is 0. The van der Waals surface area contributed by atoms with Gasteiger partial charge in [0.05, 0.1) is 0 Å². The predicted octanol–water partition coefficient (Wildman–Crippen LogP) is 2.75. The Balaban J connectivity index is 2.81. The Morgan fingerprint density at radius 2 is 1.53 bits per heavy atom. The maximum Gasteiger partial charge on any atom is 0.235 e. The van der Waals surface area contributed by atoms with E-state index in [4.69, 9.17) is 4.43 Å². The topological polar surface area (TPSA) is 21.3 Å². The minimum Gasteiger partial charge on any atom is -0.409 e. The fraction of sp³-hybridized carbons (Fsp3) is 1.00. The van der Waals surface area contributed by atoms with Crippen LogP contribution in [0.15, 0.2) is 0 Å². The number of rotatable bonds is 12. The third kappa shape index (κ3) is 14.1. The van der Waals surface area contributed by atoms with E-state index < -0.39 is 9.92 Å². The van der Waals surface area contributed by atoms with Gasteiger partial charge in [0.1, 0.15) is 0 Å². The molecule has 0 amide bonds. The Kier molecular flexibility index (Phi) is 14.3. The van der Waals surface area contributed by atoms with Gasteiger partial charge in [-0.25, -0.2) is 0 Å². The third-order valence-corrected chi connectivity index (χ3v) is 3.60. The number of unbranched alkanes of at least 4 members (excludes halogenated alkanes) is 6. The molecule has 0 spiro atoms. The van der Waals surface area contributed by atoms with Crippen molar-refractivity contribution in [1.29, 1.82) is 0 Å². The highest BCUT2D eigenvalue weighted by molar-refractivity contribution is 6.23. The van der Waals surface area contributed by atoms with Crippen LogP contribution in [0.1, 0.15) is 65.2 Å². The van der Waals surface area contributed by atoms with E-state index in [1.54, 1.807) is 0 Å². The molecule has 0 aromatic rings. The van der Waals surface area contributed by atoms with Crippen molar-refractivity contribution in [3.05, 3.63) is 0 Å². The summed E-state index contributed by atoms with van der Waals surface area (Å²) in [5.41, 5.74) is 0. The van der Waals surface area contributed by atoms with Crippen molar-refractivity contribution >= 4 is 9.92 Å². The lowest BCUT2D eigenvalue weighted by Gasteiger charge is -2.05. The Morgan fingerprint density at radius 1 is 0.867 bits per heavy atom. The fourth-order valence-electron chi connectivity index (χ4n) is 1.49. The molecule has 0 saturated carbocycles. The first-order chi connectivity index (χ1) is 7.41. The molecule has 0 bridgehead atoms. The Bertz CT molecular complexity index is 99.8. The van der Waals surface area contributed by atoms with E-state index in [0.29, 0.717) is 0 Å². The summed E-state index contributed by atoms with van der Waals surface area (Å²) < 4.78 is 5.55. The normalized spacial score (nSPS) is 11.6. The van der Waals surface area contributed by atoms with Gasteiger partial charge >= 0.3 is 0 Å². The molecular weight excluding hydrogens is 202 g/mol. The summed E-state index contributed by atoms with van der Waals surface area (Å²) in [7, 11) is -0.403. The van der Waals surface area contributed by atoms with Gasteiger partial charge in [-0.3, -0.25) is 0 Å². The van der Waals surface area contributed by atoms with E-state index in [1.165, 1.54) is 57.9 Å². The lowest BCUT2D eigenvalue weighted by molar-refractivity contribution is 0.319. The van der Waals surface area contributed by atoms with Gasteiger partial charge in [0.15, 0.2) is 0 Å². The lowest BCUT2D eigenvalue weighted by atomic mass is 10.1. The molecule has 0 aliphatic rings. The monoisotopic (exact) mass is 231 g/mol. The first-order valence-corrected chi connectivity index (χ1v) is 7.98. The summed E-state index contributed by atoms with van der Waals surface area (Å²) in [6, 6.07) is 0. The molecule has 0 atom stereocenters. The lowest BCUT2D eigenvalue weighted by Crippen LogP contribution is -2.23. The van der Waals surface area contributed by atoms with Crippen LogP contribution in [-0.2, 0) is 4.43 Å². The van der Waals surface area contributed by atoms with E-state index in [0.717, 1.165) is 6.61 Å². The Hall–Kier alpha value is 0.137. The first kappa shape index (κ1) is 15.1. The fourth-order valence-corrected chi connectivity index (χ4v) is 2.38. The Labute approximate surface area is 98.2 Å². The highest BCUT2D eigenvalue weighted by Crippen LogP contribution is 2.03. The van der Waals surface area contributed by atoms with Crippen molar-refractivity contribution in [2.24, 2.45) is 0 Å². The van der Waals surface area contributed by atoms with Crippen LogP contribution in [0.3, 0.4) is 0 Å². The molecular formula is C12H29NOSi. The van der Waals surface area contributed by atoms with Crippen molar-refractivity contribution in [1.82, 2.24) is 4.98 Å². The molecule has 0 heterocycles. The molecule has 92 valence electrons. The van der Waals surface area contributed by atoms with Gasteiger partial charge in [-0.15, -0.1) is 0 Å². The average Bonchev–Trinajstić information content (AvgIpc) is 2.26. The van der Waals surface area contributed by atoms with Gasteiger partial charge in [0.2, 0.25) is 9.92 Å². The zero-order valence-electron chi connectivity index (χ0n) is 10.7. The highest BCUT2D eigenvalue weighted by atomic mass is 28.2. The van der Waals surface area contributed by atoms with Crippen molar-refractivity contribution in [2.45, 2.75) is 65.2 Å². The van der Waals surface area contributed by atoms with Gasteiger partial charge in [0, 0.05) is 6.61 Å². The zero-order chi connectivity index (χ0) is 11.2. The van der Waals surface area contributed by atoms with E-state index >= 15 is 0 Å². The molecule has 0 aromatic carbocycles. The van der Waals surface area contributed by atoms with Crippen LogP contribution in [0, 0.1) is 0 Å². The summed E-state index contributed by atoms with van der Waals surface area (Å²) in [6.45, 7) is 6.60. The minimum absolute atomic E-state index is 0.403. The molecule has 15 heavy (non-hydrogen) atoms. The second kappa shape index (κ2) is 14.1. The molecule has 0 aliphatic carbocycles. The summed E-state index contributed by atoms with van der Waals surface area (Å²) in [5.74, 6) is 0. The van der Waals surface area contributed by atoms with E-state index in [-0.39, 0.29) is 0 Å². The van der Waals surface area contributed by atoms with E-state index in [2.05, 4.69) is 18.8 Å². The largest absolute Gasteiger partial charge is 0.409 e. The first-order valence-electron chi connectivity index (χ1n) is 6.70. The minimum atomic E-state index is -0.403. The summed E-state index contributed by atoms with van der Waals surface area (Å²) in [6.07, 6.45) is 10.7. The second-order valence-corrected chi connectivity index (χ2v) is 5.37.